The molecule has 0 N–H and O–H groups in total. The number of ether oxygens (including phenoxy) is 1. The molecule has 0 aliphatic carbocycles. The van der Waals surface area contributed by atoms with E-state index in [1.165, 1.54) is 0 Å². The van der Waals surface area contributed by atoms with Crippen molar-refractivity contribution in [1.82, 2.24) is 0 Å². The van der Waals surface area contributed by atoms with Crippen LogP contribution in [0, 0.1) is 3.57 Å². The highest BCUT2D eigenvalue weighted by Gasteiger charge is 2.10. The first-order valence-corrected chi connectivity index (χ1v) is 6.66. The van der Waals surface area contributed by atoms with Crippen molar-refractivity contribution in [3.05, 3.63) is 33.4 Å². The molecule has 0 aliphatic heterocycles. The van der Waals surface area contributed by atoms with E-state index >= 15 is 0 Å². The van der Waals surface area contributed by atoms with Gasteiger partial charge >= 0.3 is 5.97 Å². The van der Waals surface area contributed by atoms with Crippen LogP contribution in [0.2, 0.25) is 0 Å². The lowest BCUT2D eigenvalue weighted by atomic mass is 10.1. The third-order valence-electron chi connectivity index (χ3n) is 2.26. The Balaban J connectivity index is 2.41. The topological polar surface area (TPSA) is 43.4 Å². The molecule has 1 rings (SSSR count). The first-order chi connectivity index (χ1) is 8.15. The maximum atomic E-state index is 11.8. The van der Waals surface area contributed by atoms with Gasteiger partial charge in [-0.05, 0) is 42.0 Å². The lowest BCUT2D eigenvalue weighted by molar-refractivity contribution is -0.143. The van der Waals surface area contributed by atoms with Gasteiger partial charge in [0, 0.05) is 22.0 Å². The molecule has 92 valence electrons. The zero-order chi connectivity index (χ0) is 12.7. The fourth-order valence-electron chi connectivity index (χ4n) is 1.45. The zero-order valence-corrected chi connectivity index (χ0v) is 11.9. The van der Waals surface area contributed by atoms with Gasteiger partial charge in [-0.3, -0.25) is 9.59 Å². The minimum Gasteiger partial charge on any atom is -0.466 e. The highest BCUT2D eigenvalue weighted by Crippen LogP contribution is 2.14. The molecule has 0 radical (unpaired) electrons. The molecule has 0 fully saturated rings. The molecule has 0 atom stereocenters. The van der Waals surface area contributed by atoms with Crippen LogP contribution >= 0.6 is 22.6 Å². The summed E-state index contributed by atoms with van der Waals surface area (Å²) in [5.41, 5.74) is 0.733. The van der Waals surface area contributed by atoms with Crippen molar-refractivity contribution in [3.8, 4) is 0 Å². The van der Waals surface area contributed by atoms with Crippen molar-refractivity contribution in [2.75, 3.05) is 6.61 Å². The van der Waals surface area contributed by atoms with Crippen molar-refractivity contribution < 1.29 is 14.3 Å². The van der Waals surface area contributed by atoms with E-state index in [9.17, 15) is 9.59 Å². The normalized spacial score (nSPS) is 10.0. The van der Waals surface area contributed by atoms with Gasteiger partial charge in [-0.25, -0.2) is 0 Å². The first kappa shape index (κ1) is 14.2. The summed E-state index contributed by atoms with van der Waals surface area (Å²) in [5, 5.41) is 0. The van der Waals surface area contributed by atoms with Gasteiger partial charge in [0.25, 0.3) is 0 Å². The molecule has 3 nitrogen and oxygen atoms in total. The lowest BCUT2D eigenvalue weighted by Gasteiger charge is -2.03. The molecule has 4 heteroatoms. The third kappa shape index (κ3) is 4.85. The van der Waals surface area contributed by atoms with Crippen molar-refractivity contribution in [3.63, 3.8) is 0 Å². The number of hydrogen-bond acceptors (Lipinski definition) is 3. The maximum absolute atomic E-state index is 11.8. The van der Waals surface area contributed by atoms with Crippen molar-refractivity contribution in [2.24, 2.45) is 0 Å². The van der Waals surface area contributed by atoms with Crippen LogP contribution in [0.15, 0.2) is 24.3 Å². The summed E-state index contributed by atoms with van der Waals surface area (Å²) in [4.78, 5) is 22.9. The number of carbonyl (C=O) groups is 2. The second-order valence-corrected chi connectivity index (χ2v) is 4.72. The maximum Gasteiger partial charge on any atom is 0.305 e. The van der Waals surface area contributed by atoms with Gasteiger partial charge in [0.1, 0.15) is 0 Å². The Kier molecular flexibility index (Phi) is 6.18. The van der Waals surface area contributed by atoms with Crippen LogP contribution in [0.5, 0.6) is 0 Å². The molecule has 1 aromatic rings. The molecule has 0 spiro atoms. The average molecular weight is 346 g/mol. The molecule has 17 heavy (non-hydrogen) atoms. The molecule has 0 amide bonds. The van der Waals surface area contributed by atoms with Crippen LogP contribution in [0.4, 0.5) is 0 Å². The van der Waals surface area contributed by atoms with Gasteiger partial charge < -0.3 is 4.74 Å². The molecule has 0 unspecified atom stereocenters. The lowest BCUT2D eigenvalue weighted by Crippen LogP contribution is -2.06. The van der Waals surface area contributed by atoms with Crippen LogP contribution in [0.1, 0.15) is 36.5 Å². The van der Waals surface area contributed by atoms with Gasteiger partial charge in [-0.15, -0.1) is 0 Å². The minimum absolute atomic E-state index is 0.0827. The van der Waals surface area contributed by atoms with Crippen LogP contribution in [0.3, 0.4) is 0 Å². The number of Topliss-reactive ketones (excluding diaryl/α,β-unsaturated/α-hetero) is 1. The van der Waals surface area contributed by atoms with Crippen LogP contribution in [-0.4, -0.2) is 18.4 Å². The summed E-state index contributed by atoms with van der Waals surface area (Å²) < 4.78 is 5.75. The Labute approximate surface area is 115 Å². The van der Waals surface area contributed by atoms with Gasteiger partial charge in [0.15, 0.2) is 5.78 Å². The van der Waals surface area contributed by atoms with Crippen molar-refractivity contribution in [2.45, 2.75) is 26.2 Å². The summed E-state index contributed by atoms with van der Waals surface area (Å²) in [6.45, 7) is 2.17. The zero-order valence-electron chi connectivity index (χ0n) is 9.74. The second-order valence-electron chi connectivity index (χ2n) is 3.56. The summed E-state index contributed by atoms with van der Waals surface area (Å²) >= 11 is 2.14. The van der Waals surface area contributed by atoms with Gasteiger partial charge in [-0.1, -0.05) is 18.2 Å². The predicted octanol–water partition coefficient (Wildman–Crippen LogP) is 3.21. The number of esters is 1. The number of benzene rings is 1. The largest absolute Gasteiger partial charge is 0.466 e. The standard InChI is InChI=1S/C13H15IO3/c1-2-17-13(16)9-5-8-12(15)10-6-3-4-7-11(10)14/h3-4,6-7H,2,5,8-9H2,1H3. The molecular weight excluding hydrogens is 331 g/mol. The predicted molar refractivity (Wildman–Crippen MR) is 74.0 cm³/mol. The number of halogens is 1. The number of carbonyl (C=O) groups excluding carboxylic acids is 2. The first-order valence-electron chi connectivity index (χ1n) is 5.58. The van der Waals surface area contributed by atoms with Crippen LogP contribution in [-0.2, 0) is 9.53 Å². The van der Waals surface area contributed by atoms with Crippen molar-refractivity contribution in [1.29, 1.82) is 0 Å². The van der Waals surface area contributed by atoms with E-state index in [2.05, 4.69) is 22.6 Å². The Bertz CT molecular complexity index is 401. The molecule has 0 heterocycles. The average Bonchev–Trinajstić information content (AvgIpc) is 2.29. The van der Waals surface area contributed by atoms with E-state index in [4.69, 9.17) is 4.74 Å². The number of rotatable bonds is 6. The van der Waals surface area contributed by atoms with E-state index in [0.29, 0.717) is 25.9 Å². The molecule has 0 saturated heterocycles. The van der Waals surface area contributed by atoms with Crippen molar-refractivity contribution >= 4 is 34.3 Å². The number of ketones is 1. The van der Waals surface area contributed by atoms with Gasteiger partial charge in [-0.2, -0.15) is 0 Å². The molecule has 0 aliphatic rings. The third-order valence-corrected chi connectivity index (χ3v) is 3.21. The highest BCUT2D eigenvalue weighted by molar-refractivity contribution is 14.1. The van der Waals surface area contributed by atoms with Crippen LogP contribution < -0.4 is 0 Å². The fourth-order valence-corrected chi connectivity index (χ4v) is 2.14. The number of hydrogen-bond donors (Lipinski definition) is 0. The Morgan fingerprint density at radius 2 is 1.94 bits per heavy atom. The Morgan fingerprint density at radius 3 is 2.59 bits per heavy atom. The minimum atomic E-state index is -0.233. The quantitative estimate of drug-likeness (QED) is 0.451. The molecule has 0 aromatic heterocycles. The van der Waals surface area contributed by atoms with Crippen LogP contribution in [0.25, 0.3) is 0 Å². The van der Waals surface area contributed by atoms with Gasteiger partial charge in [0.2, 0.25) is 0 Å². The SMILES string of the molecule is CCOC(=O)CCCC(=O)c1ccccc1I. The molecule has 0 saturated carbocycles. The Morgan fingerprint density at radius 1 is 1.24 bits per heavy atom. The smallest absolute Gasteiger partial charge is 0.305 e. The summed E-state index contributed by atoms with van der Waals surface area (Å²) in [6, 6.07) is 7.46. The highest BCUT2D eigenvalue weighted by atomic mass is 127. The Hall–Kier alpha value is -0.910. The summed E-state index contributed by atoms with van der Waals surface area (Å²) in [5.74, 6) is -0.151. The fraction of sp³-hybridized carbons (Fsp3) is 0.385. The van der Waals surface area contributed by atoms with Gasteiger partial charge in [0.05, 0.1) is 6.61 Å². The summed E-state index contributed by atoms with van der Waals surface area (Å²) in [6.07, 6.45) is 1.24. The van der Waals surface area contributed by atoms with E-state index in [1.807, 2.05) is 24.3 Å². The van der Waals surface area contributed by atoms with E-state index < -0.39 is 0 Å². The summed E-state index contributed by atoms with van der Waals surface area (Å²) in [7, 11) is 0. The monoisotopic (exact) mass is 346 g/mol. The van der Waals surface area contributed by atoms with E-state index in [1.54, 1.807) is 6.92 Å². The molecule has 1 aromatic carbocycles. The van der Waals surface area contributed by atoms with E-state index in [-0.39, 0.29) is 11.8 Å². The van der Waals surface area contributed by atoms with E-state index in [0.717, 1.165) is 9.13 Å². The molecular formula is C13H15IO3. The second kappa shape index (κ2) is 7.42. The molecule has 0 bridgehead atoms.